The van der Waals surface area contributed by atoms with Crippen molar-refractivity contribution in [2.75, 3.05) is 13.7 Å². The highest BCUT2D eigenvalue weighted by Gasteiger charge is 2.23. The summed E-state index contributed by atoms with van der Waals surface area (Å²) in [7, 11) is 1.52. The zero-order valence-electron chi connectivity index (χ0n) is 23.2. The van der Waals surface area contributed by atoms with Gasteiger partial charge in [0.1, 0.15) is 17.1 Å². The summed E-state index contributed by atoms with van der Waals surface area (Å²) >= 11 is 0. The second-order valence-electron chi connectivity index (χ2n) is 9.47. The number of aryl methyl sites for hydroxylation is 1. The van der Waals surface area contributed by atoms with Crippen molar-refractivity contribution in [2.24, 2.45) is 0 Å². The zero-order chi connectivity index (χ0) is 29.8. The number of ether oxygens (including phenoxy) is 3. The third-order valence-corrected chi connectivity index (χ3v) is 6.66. The summed E-state index contributed by atoms with van der Waals surface area (Å²) in [5.74, 6) is -0.904. The molecule has 42 heavy (non-hydrogen) atoms. The van der Waals surface area contributed by atoms with Gasteiger partial charge in [-0.2, -0.15) is 0 Å². The van der Waals surface area contributed by atoms with E-state index < -0.39 is 22.8 Å². The number of carbonyl (C=O) groups is 1. The molecule has 0 aliphatic heterocycles. The van der Waals surface area contributed by atoms with Crippen LogP contribution in [0.15, 0.2) is 71.8 Å². The molecule has 0 spiro atoms. The normalized spacial score (nSPS) is 11.1. The molecular weight excluding hydrogens is 544 g/mol. The van der Waals surface area contributed by atoms with Crippen molar-refractivity contribution < 1.29 is 27.8 Å². The number of H-pyrrole nitrogens is 1. The third kappa shape index (κ3) is 5.89. The lowest BCUT2D eigenvalue weighted by atomic mass is 9.95. The van der Waals surface area contributed by atoms with Gasteiger partial charge >= 0.3 is 0 Å². The van der Waals surface area contributed by atoms with Gasteiger partial charge in [-0.25, -0.2) is 13.8 Å². The number of pyridine rings is 3. The molecule has 8 nitrogen and oxygen atoms in total. The lowest BCUT2D eigenvalue weighted by Crippen LogP contribution is -2.24. The summed E-state index contributed by atoms with van der Waals surface area (Å²) in [6.45, 7) is 3.89. The molecule has 3 heterocycles. The van der Waals surface area contributed by atoms with E-state index in [0.29, 0.717) is 51.7 Å². The predicted molar refractivity (Wildman–Crippen MR) is 153 cm³/mol. The predicted octanol–water partition coefficient (Wildman–Crippen LogP) is 6.33. The van der Waals surface area contributed by atoms with Crippen molar-refractivity contribution in [3.8, 4) is 28.4 Å². The Balaban J connectivity index is 1.44. The van der Waals surface area contributed by atoms with Gasteiger partial charge in [0.15, 0.2) is 23.1 Å². The minimum atomic E-state index is -0.696. The zero-order valence-corrected chi connectivity index (χ0v) is 23.2. The van der Waals surface area contributed by atoms with Crippen LogP contribution >= 0.6 is 0 Å². The number of rotatable bonds is 10. The quantitative estimate of drug-likeness (QED) is 0.195. The first-order valence-corrected chi connectivity index (χ1v) is 13.2. The molecule has 5 rings (SSSR count). The second-order valence-corrected chi connectivity index (χ2v) is 9.47. The SMILES string of the molecule is CCOCc1[nH]c(C)c(-c2ccc(F)cc2)c(=O)c1C(=O)Cc1ccc(Oc2ccnc3cc(OC)cnc23)c(F)c1. The number of nitrogens with zero attached hydrogens (tertiary/aromatic N) is 2. The number of benzene rings is 2. The van der Waals surface area contributed by atoms with E-state index >= 15 is 4.39 Å². The van der Waals surface area contributed by atoms with Crippen LogP contribution in [-0.2, 0) is 17.8 Å². The summed E-state index contributed by atoms with van der Waals surface area (Å²) in [5, 5.41) is 0. The molecule has 0 unspecified atom stereocenters. The van der Waals surface area contributed by atoms with E-state index in [2.05, 4.69) is 15.0 Å². The van der Waals surface area contributed by atoms with Gasteiger partial charge in [0, 0.05) is 42.6 Å². The first-order chi connectivity index (χ1) is 20.3. The standard InChI is InChI=1S/C32H27F2N3O5/c1-4-41-17-25-30(32(39)29(18(2)37-25)20-6-8-21(33)9-7-20)26(38)14-19-5-10-27(23(34)13-19)42-28-11-12-35-24-15-22(40-3)16-36-31(24)28/h5-13,15-16H,4,14,17H2,1-3H3,(H,37,39). The van der Waals surface area contributed by atoms with E-state index in [1.54, 1.807) is 32.0 Å². The molecule has 0 radical (unpaired) electrons. The summed E-state index contributed by atoms with van der Waals surface area (Å²) < 4.78 is 45.2. The first-order valence-electron chi connectivity index (χ1n) is 13.2. The van der Waals surface area contributed by atoms with E-state index in [-0.39, 0.29) is 29.9 Å². The molecule has 5 aromatic rings. The Morgan fingerprint density at radius 1 is 1.00 bits per heavy atom. The van der Waals surface area contributed by atoms with Crippen molar-refractivity contribution in [2.45, 2.75) is 26.9 Å². The van der Waals surface area contributed by atoms with Gasteiger partial charge in [-0.1, -0.05) is 18.2 Å². The summed E-state index contributed by atoms with van der Waals surface area (Å²) in [6.07, 6.45) is 2.78. The lowest BCUT2D eigenvalue weighted by Gasteiger charge is -2.14. The highest BCUT2D eigenvalue weighted by molar-refractivity contribution is 5.99. The van der Waals surface area contributed by atoms with Gasteiger partial charge in [0.25, 0.3) is 0 Å². The highest BCUT2D eigenvalue weighted by Crippen LogP contribution is 2.31. The number of methoxy groups -OCH3 is 1. The molecule has 0 atom stereocenters. The average Bonchev–Trinajstić information content (AvgIpc) is 2.98. The van der Waals surface area contributed by atoms with E-state index in [0.717, 1.165) is 0 Å². The molecular formula is C32H27F2N3O5. The first kappa shape index (κ1) is 28.6. The number of Topliss-reactive ketones (excluding diaryl/α,β-unsaturated/α-hetero) is 1. The van der Waals surface area contributed by atoms with Gasteiger partial charge in [0.05, 0.1) is 36.7 Å². The monoisotopic (exact) mass is 571 g/mol. The van der Waals surface area contributed by atoms with Crippen molar-refractivity contribution in [1.29, 1.82) is 0 Å². The molecule has 2 aromatic carbocycles. The molecule has 0 amide bonds. The second kappa shape index (κ2) is 12.3. The Morgan fingerprint density at radius 2 is 1.79 bits per heavy atom. The number of fused-ring (bicyclic) bond motifs is 1. The van der Waals surface area contributed by atoms with Crippen molar-refractivity contribution in [3.05, 3.63) is 111 Å². The summed E-state index contributed by atoms with van der Waals surface area (Å²) in [4.78, 5) is 38.9. The van der Waals surface area contributed by atoms with Crippen LogP contribution in [0.5, 0.6) is 17.2 Å². The summed E-state index contributed by atoms with van der Waals surface area (Å²) in [5.41, 5.74) is 2.26. The summed E-state index contributed by atoms with van der Waals surface area (Å²) in [6, 6.07) is 12.9. The smallest absolute Gasteiger partial charge is 0.200 e. The Bertz CT molecular complexity index is 1840. The molecule has 0 saturated heterocycles. The fourth-order valence-corrected chi connectivity index (χ4v) is 4.67. The Hall–Kier alpha value is -4.96. The molecule has 0 aliphatic rings. The van der Waals surface area contributed by atoms with Gasteiger partial charge in [-0.3, -0.25) is 14.6 Å². The van der Waals surface area contributed by atoms with Gasteiger partial charge in [0.2, 0.25) is 5.43 Å². The Labute approximate surface area is 239 Å². The van der Waals surface area contributed by atoms with Gasteiger partial charge in [-0.15, -0.1) is 0 Å². The largest absolute Gasteiger partial charge is 0.495 e. The molecule has 0 bridgehead atoms. The van der Waals surface area contributed by atoms with Crippen LogP contribution in [-0.4, -0.2) is 34.5 Å². The maximum atomic E-state index is 15.2. The molecule has 3 aromatic heterocycles. The number of hydrogen-bond acceptors (Lipinski definition) is 7. The van der Waals surface area contributed by atoms with Crippen molar-refractivity contribution in [3.63, 3.8) is 0 Å². The fraction of sp³-hybridized carbons (Fsp3) is 0.188. The van der Waals surface area contributed by atoms with E-state index in [4.69, 9.17) is 14.2 Å². The number of aromatic nitrogens is 3. The average molecular weight is 572 g/mol. The van der Waals surface area contributed by atoms with Crippen molar-refractivity contribution in [1.82, 2.24) is 15.0 Å². The fourth-order valence-electron chi connectivity index (χ4n) is 4.67. The molecule has 1 N–H and O–H groups in total. The van der Waals surface area contributed by atoms with Crippen LogP contribution in [0.4, 0.5) is 8.78 Å². The van der Waals surface area contributed by atoms with E-state index in [9.17, 15) is 14.0 Å². The van der Waals surface area contributed by atoms with Crippen LogP contribution in [0, 0.1) is 18.6 Å². The molecule has 10 heteroatoms. The number of aromatic amines is 1. The van der Waals surface area contributed by atoms with E-state index in [1.165, 1.54) is 55.9 Å². The number of carbonyl (C=O) groups excluding carboxylic acids is 1. The van der Waals surface area contributed by atoms with Crippen LogP contribution in [0.1, 0.15) is 34.2 Å². The molecule has 0 saturated carbocycles. The van der Waals surface area contributed by atoms with Crippen LogP contribution in [0.3, 0.4) is 0 Å². The number of ketones is 1. The van der Waals surface area contributed by atoms with Gasteiger partial charge < -0.3 is 19.2 Å². The third-order valence-electron chi connectivity index (χ3n) is 6.66. The van der Waals surface area contributed by atoms with Crippen LogP contribution < -0.4 is 14.9 Å². The van der Waals surface area contributed by atoms with E-state index in [1.807, 2.05) is 0 Å². The van der Waals surface area contributed by atoms with Gasteiger partial charge in [-0.05, 0) is 49.2 Å². The van der Waals surface area contributed by atoms with Crippen LogP contribution in [0.25, 0.3) is 22.2 Å². The van der Waals surface area contributed by atoms with Crippen molar-refractivity contribution >= 4 is 16.8 Å². The topological polar surface area (TPSA) is 103 Å². The van der Waals surface area contributed by atoms with Crippen LogP contribution in [0.2, 0.25) is 0 Å². The lowest BCUT2D eigenvalue weighted by molar-refractivity contribution is 0.0978. The minimum absolute atomic E-state index is 0.0122. The number of hydrogen-bond donors (Lipinski definition) is 1. The Kier molecular flexibility index (Phi) is 8.35. The molecule has 0 aliphatic carbocycles. The minimum Gasteiger partial charge on any atom is -0.495 e. The number of halogens is 2. The maximum Gasteiger partial charge on any atom is 0.200 e. The number of nitrogens with one attached hydrogen (secondary N) is 1. The Morgan fingerprint density at radius 3 is 2.50 bits per heavy atom. The maximum absolute atomic E-state index is 15.2. The highest BCUT2D eigenvalue weighted by atomic mass is 19.1. The molecule has 214 valence electrons. The molecule has 0 fully saturated rings.